The van der Waals surface area contributed by atoms with Gasteiger partial charge < -0.3 is 4.74 Å². The predicted octanol–water partition coefficient (Wildman–Crippen LogP) is 0.757. The zero-order chi connectivity index (χ0) is 14.3. The molecule has 1 aliphatic rings. The molecule has 3 rings (SSSR count). The second kappa shape index (κ2) is 4.37. The van der Waals surface area contributed by atoms with Gasteiger partial charge >= 0.3 is 5.97 Å². The lowest BCUT2D eigenvalue weighted by Crippen LogP contribution is -2.23. The number of hydrogen-bond acceptors (Lipinski definition) is 6. The summed E-state index contributed by atoms with van der Waals surface area (Å²) in [5.41, 5.74) is -0.0430. The molecule has 7 heteroatoms. The molecular weight excluding hydrogens is 262 g/mol. The van der Waals surface area contributed by atoms with E-state index in [4.69, 9.17) is 4.74 Å². The molecule has 0 aromatic carbocycles. The van der Waals surface area contributed by atoms with Crippen LogP contribution in [0.2, 0.25) is 0 Å². The van der Waals surface area contributed by atoms with Crippen molar-refractivity contribution in [2.24, 2.45) is 0 Å². The summed E-state index contributed by atoms with van der Waals surface area (Å²) in [6.07, 6.45) is 1.42. The lowest BCUT2D eigenvalue weighted by atomic mass is 9.90. The molecule has 0 amide bonds. The lowest BCUT2D eigenvalue weighted by molar-refractivity contribution is 0.0516. The number of H-pyrrole nitrogens is 1. The predicted molar refractivity (Wildman–Crippen MR) is 65.6 cm³/mol. The number of carbonyl (C=O) groups excluding carboxylic acids is 3. The van der Waals surface area contributed by atoms with Gasteiger partial charge in [0.25, 0.3) is 0 Å². The maximum atomic E-state index is 12.4. The minimum absolute atomic E-state index is 0.0250. The molecule has 0 saturated heterocycles. The van der Waals surface area contributed by atoms with Crippen LogP contribution >= 0.6 is 0 Å². The number of hydrogen-bond donors (Lipinski definition) is 1. The third kappa shape index (κ3) is 1.56. The Morgan fingerprint density at radius 2 is 2.10 bits per heavy atom. The van der Waals surface area contributed by atoms with E-state index in [9.17, 15) is 14.4 Å². The molecule has 0 fully saturated rings. The van der Waals surface area contributed by atoms with Crippen LogP contribution in [0.15, 0.2) is 18.3 Å². The summed E-state index contributed by atoms with van der Waals surface area (Å²) in [5.74, 6) is -1.66. The highest BCUT2D eigenvalue weighted by Gasteiger charge is 2.37. The Morgan fingerprint density at radius 1 is 1.30 bits per heavy atom. The van der Waals surface area contributed by atoms with E-state index in [1.807, 2.05) is 0 Å². The normalized spacial score (nSPS) is 12.8. The summed E-state index contributed by atoms with van der Waals surface area (Å²) in [6, 6.07) is 3.07. The fourth-order valence-electron chi connectivity index (χ4n) is 2.09. The van der Waals surface area contributed by atoms with Gasteiger partial charge in [0.05, 0.1) is 17.7 Å². The molecule has 0 spiro atoms. The van der Waals surface area contributed by atoms with Gasteiger partial charge in [0, 0.05) is 6.20 Å². The molecule has 2 aromatic rings. The molecule has 0 saturated carbocycles. The molecule has 7 nitrogen and oxygen atoms in total. The molecule has 0 unspecified atom stereocenters. The number of nitrogens with one attached hydrogen (secondary N) is 1. The van der Waals surface area contributed by atoms with Gasteiger partial charge in [-0.3, -0.25) is 19.7 Å². The van der Waals surface area contributed by atoms with Crippen LogP contribution in [-0.4, -0.2) is 39.3 Å². The third-order valence-electron chi connectivity index (χ3n) is 2.96. The van der Waals surface area contributed by atoms with Crippen LogP contribution in [0.4, 0.5) is 0 Å². The maximum absolute atomic E-state index is 12.4. The summed E-state index contributed by atoms with van der Waals surface area (Å²) in [5, 5.41) is 6.17. The van der Waals surface area contributed by atoms with E-state index in [0.29, 0.717) is 0 Å². The van der Waals surface area contributed by atoms with Crippen molar-refractivity contribution in [3.63, 3.8) is 0 Å². The number of nitrogens with zero attached hydrogens (tertiary/aromatic N) is 2. The Labute approximate surface area is 113 Å². The number of pyridine rings is 1. The SMILES string of the molecule is CCOC(=O)c1[nH]nc2c1C(=O)c1ncccc1C2=O. The van der Waals surface area contributed by atoms with Crippen LogP contribution in [0.1, 0.15) is 49.5 Å². The second-order valence-electron chi connectivity index (χ2n) is 4.10. The number of aromatic nitrogens is 3. The van der Waals surface area contributed by atoms with Gasteiger partial charge in [-0.1, -0.05) is 0 Å². The zero-order valence-electron chi connectivity index (χ0n) is 10.5. The first-order valence-electron chi connectivity index (χ1n) is 5.95. The van der Waals surface area contributed by atoms with Gasteiger partial charge in [0.2, 0.25) is 11.6 Å². The van der Waals surface area contributed by atoms with Gasteiger partial charge in [-0.15, -0.1) is 0 Å². The Bertz CT molecular complexity index is 748. The largest absolute Gasteiger partial charge is 0.461 e. The Kier molecular flexibility index (Phi) is 2.67. The first kappa shape index (κ1) is 12.2. The van der Waals surface area contributed by atoms with E-state index >= 15 is 0 Å². The van der Waals surface area contributed by atoms with Gasteiger partial charge in [0.1, 0.15) is 11.4 Å². The molecule has 0 radical (unpaired) electrons. The van der Waals surface area contributed by atoms with E-state index in [0.717, 1.165) is 0 Å². The molecule has 2 heterocycles. The summed E-state index contributed by atoms with van der Waals surface area (Å²) >= 11 is 0. The number of carbonyl (C=O) groups is 3. The molecule has 1 aliphatic carbocycles. The van der Waals surface area contributed by atoms with Crippen LogP contribution < -0.4 is 0 Å². The van der Waals surface area contributed by atoms with Crippen LogP contribution in [-0.2, 0) is 4.74 Å². The van der Waals surface area contributed by atoms with E-state index in [-0.39, 0.29) is 34.8 Å². The summed E-state index contributed by atoms with van der Waals surface area (Å²) in [6.45, 7) is 1.80. The fraction of sp³-hybridized carbons (Fsp3) is 0.154. The topological polar surface area (TPSA) is 102 Å². The molecular formula is C13H9N3O4. The van der Waals surface area contributed by atoms with Gasteiger partial charge in [-0.05, 0) is 19.1 Å². The number of rotatable bonds is 2. The molecule has 0 aliphatic heterocycles. The van der Waals surface area contributed by atoms with Gasteiger partial charge in [-0.2, -0.15) is 5.10 Å². The molecule has 0 bridgehead atoms. The number of ether oxygens (including phenoxy) is 1. The molecule has 20 heavy (non-hydrogen) atoms. The number of ketones is 2. The van der Waals surface area contributed by atoms with Crippen LogP contribution in [0.3, 0.4) is 0 Å². The second-order valence-corrected chi connectivity index (χ2v) is 4.10. The average Bonchev–Trinajstić information content (AvgIpc) is 2.90. The monoisotopic (exact) mass is 271 g/mol. The van der Waals surface area contributed by atoms with Crippen molar-refractivity contribution in [3.05, 3.63) is 46.5 Å². The summed E-state index contributed by atoms with van der Waals surface area (Å²) < 4.78 is 4.83. The van der Waals surface area contributed by atoms with E-state index < -0.39 is 17.5 Å². The van der Waals surface area contributed by atoms with Gasteiger partial charge in [-0.25, -0.2) is 4.79 Å². The first-order chi connectivity index (χ1) is 9.65. The highest BCUT2D eigenvalue weighted by Crippen LogP contribution is 2.26. The van der Waals surface area contributed by atoms with Gasteiger partial charge in [0.15, 0.2) is 5.69 Å². The lowest BCUT2D eigenvalue weighted by Gasteiger charge is -2.12. The van der Waals surface area contributed by atoms with Crippen LogP contribution in [0, 0.1) is 0 Å². The van der Waals surface area contributed by atoms with Crippen molar-refractivity contribution < 1.29 is 19.1 Å². The fourth-order valence-corrected chi connectivity index (χ4v) is 2.09. The molecule has 2 aromatic heterocycles. The number of fused-ring (bicyclic) bond motifs is 2. The highest BCUT2D eigenvalue weighted by atomic mass is 16.5. The average molecular weight is 271 g/mol. The standard InChI is InChI=1S/C13H9N3O4/c1-2-20-13(19)10-7-9(15-16-10)11(17)6-4-3-5-14-8(6)12(7)18/h3-5H,2H2,1H3,(H,15,16). The van der Waals surface area contributed by atoms with Crippen molar-refractivity contribution in [2.75, 3.05) is 6.61 Å². The molecule has 0 atom stereocenters. The quantitative estimate of drug-likeness (QED) is 0.690. The zero-order valence-corrected chi connectivity index (χ0v) is 10.5. The van der Waals surface area contributed by atoms with Crippen molar-refractivity contribution in [1.29, 1.82) is 0 Å². The van der Waals surface area contributed by atoms with Crippen molar-refractivity contribution in [3.8, 4) is 0 Å². The summed E-state index contributed by atoms with van der Waals surface area (Å²) in [4.78, 5) is 40.3. The smallest absolute Gasteiger partial charge is 0.357 e. The van der Waals surface area contributed by atoms with Crippen molar-refractivity contribution in [2.45, 2.75) is 6.92 Å². The van der Waals surface area contributed by atoms with E-state index in [1.165, 1.54) is 12.3 Å². The van der Waals surface area contributed by atoms with Crippen molar-refractivity contribution in [1.82, 2.24) is 15.2 Å². The minimum Gasteiger partial charge on any atom is -0.461 e. The minimum atomic E-state index is -0.721. The Hall–Kier alpha value is -2.83. The van der Waals surface area contributed by atoms with Crippen molar-refractivity contribution >= 4 is 17.5 Å². The third-order valence-corrected chi connectivity index (χ3v) is 2.96. The maximum Gasteiger partial charge on any atom is 0.357 e. The van der Waals surface area contributed by atoms with Crippen LogP contribution in [0.25, 0.3) is 0 Å². The Balaban J connectivity index is 2.18. The first-order valence-corrected chi connectivity index (χ1v) is 5.95. The van der Waals surface area contributed by atoms with E-state index in [2.05, 4.69) is 15.2 Å². The highest BCUT2D eigenvalue weighted by molar-refractivity contribution is 6.28. The molecule has 100 valence electrons. The van der Waals surface area contributed by atoms with E-state index in [1.54, 1.807) is 13.0 Å². The number of esters is 1. The van der Waals surface area contributed by atoms with Crippen LogP contribution in [0.5, 0.6) is 0 Å². The molecule has 1 N–H and O–H groups in total. The summed E-state index contributed by atoms with van der Waals surface area (Å²) in [7, 11) is 0. The Morgan fingerprint density at radius 3 is 2.85 bits per heavy atom. The number of aromatic amines is 1.